The second kappa shape index (κ2) is 2.76. The van der Waals surface area contributed by atoms with Gasteiger partial charge in [0.2, 0.25) is 0 Å². The van der Waals surface area contributed by atoms with Crippen molar-refractivity contribution in [3.05, 3.63) is 11.2 Å². The Balaban J connectivity index is 2.72. The van der Waals surface area contributed by atoms with Gasteiger partial charge in [0.05, 0.1) is 0 Å². The van der Waals surface area contributed by atoms with E-state index in [-0.39, 0.29) is 0 Å². The average Bonchev–Trinajstić information content (AvgIpc) is 1.85. The van der Waals surface area contributed by atoms with Crippen LogP contribution in [-0.2, 0) is 0 Å². The third-order valence-electron chi connectivity index (χ3n) is 0.956. The summed E-state index contributed by atoms with van der Waals surface area (Å²) < 4.78 is 0. The Morgan fingerprint density at radius 3 is 3.10 bits per heavy atom. The normalized spacial score (nSPS) is 17.3. The average molecular weight is 162 g/mol. The van der Waals surface area contributed by atoms with Gasteiger partial charge in [0.15, 0.2) is 5.84 Å². The van der Waals surface area contributed by atoms with E-state index in [1.165, 1.54) is 0 Å². The van der Waals surface area contributed by atoms with Crippen molar-refractivity contribution in [2.45, 2.75) is 0 Å². The van der Waals surface area contributed by atoms with Gasteiger partial charge in [0.1, 0.15) is 5.16 Å². The summed E-state index contributed by atoms with van der Waals surface area (Å²) in [4.78, 5) is 0. The van der Waals surface area contributed by atoms with Crippen LogP contribution in [0.4, 0.5) is 0 Å². The summed E-state index contributed by atoms with van der Waals surface area (Å²) in [5.74, 6) is 5.88. The van der Waals surface area contributed by atoms with E-state index in [0.717, 1.165) is 5.23 Å². The van der Waals surface area contributed by atoms with Gasteiger partial charge in [-0.1, -0.05) is 11.6 Å². The summed E-state index contributed by atoms with van der Waals surface area (Å²) in [5.41, 5.74) is 2.55. The van der Waals surface area contributed by atoms with Crippen molar-refractivity contribution in [1.82, 2.24) is 16.0 Å². The van der Waals surface area contributed by atoms with Crippen molar-refractivity contribution in [3.8, 4) is 0 Å². The highest BCUT2D eigenvalue weighted by Gasteiger charge is 2.05. The fourth-order valence-corrected chi connectivity index (χ4v) is 0.744. The van der Waals surface area contributed by atoms with E-state index in [1.807, 2.05) is 0 Å². The maximum Gasteiger partial charge on any atom is 0.152 e. The molecule has 0 spiro atoms. The third kappa shape index (κ3) is 1.52. The minimum absolute atomic E-state index is 0.432. The van der Waals surface area contributed by atoms with E-state index >= 15 is 0 Å². The topological polar surface area (TPSA) is 65.7 Å². The maximum atomic E-state index is 5.59. The molecule has 0 aromatic heterocycles. The molecule has 1 rings (SSSR count). The SMILES string of the molecule is CNC1=NN(N)NC(Cl)=C1. The zero-order valence-corrected chi connectivity index (χ0v) is 6.18. The lowest BCUT2D eigenvalue weighted by Gasteiger charge is -2.19. The third-order valence-corrected chi connectivity index (χ3v) is 1.15. The molecule has 1 aliphatic heterocycles. The molecule has 0 unspecified atom stereocenters. The van der Waals surface area contributed by atoms with Gasteiger partial charge in [-0.05, 0) is 0 Å². The van der Waals surface area contributed by atoms with Gasteiger partial charge in [-0.15, -0.1) is 10.3 Å². The molecule has 0 aromatic rings. The molecule has 0 bridgehead atoms. The van der Waals surface area contributed by atoms with Gasteiger partial charge in [0, 0.05) is 13.1 Å². The lowest BCUT2D eigenvalue weighted by Crippen LogP contribution is -2.42. The highest BCUT2D eigenvalue weighted by Crippen LogP contribution is 2.00. The summed E-state index contributed by atoms with van der Waals surface area (Å²) >= 11 is 5.59. The summed E-state index contributed by atoms with van der Waals surface area (Å²) in [6.07, 6.45) is 1.63. The molecule has 0 saturated carbocycles. The van der Waals surface area contributed by atoms with Gasteiger partial charge in [-0.2, -0.15) is 0 Å². The van der Waals surface area contributed by atoms with Crippen LogP contribution in [0.15, 0.2) is 16.3 Å². The van der Waals surface area contributed by atoms with E-state index < -0.39 is 0 Å². The van der Waals surface area contributed by atoms with Crippen molar-refractivity contribution < 1.29 is 0 Å². The van der Waals surface area contributed by atoms with E-state index in [1.54, 1.807) is 13.1 Å². The molecule has 0 aliphatic carbocycles. The van der Waals surface area contributed by atoms with Crippen LogP contribution in [0.2, 0.25) is 0 Å². The quantitative estimate of drug-likeness (QED) is 0.325. The lowest BCUT2D eigenvalue weighted by atomic mass is 10.5. The van der Waals surface area contributed by atoms with E-state index in [2.05, 4.69) is 15.8 Å². The van der Waals surface area contributed by atoms with Gasteiger partial charge in [-0.25, -0.2) is 5.84 Å². The monoisotopic (exact) mass is 161 g/mol. The van der Waals surface area contributed by atoms with Crippen LogP contribution in [0.5, 0.6) is 0 Å². The Hall–Kier alpha value is -0.940. The molecule has 1 heterocycles. The van der Waals surface area contributed by atoms with E-state index in [0.29, 0.717) is 11.0 Å². The molecule has 0 radical (unpaired) electrons. The van der Waals surface area contributed by atoms with Crippen molar-refractivity contribution in [1.29, 1.82) is 0 Å². The van der Waals surface area contributed by atoms with Crippen molar-refractivity contribution >= 4 is 17.4 Å². The first kappa shape index (κ1) is 7.17. The van der Waals surface area contributed by atoms with Crippen LogP contribution in [0, 0.1) is 0 Å². The minimum Gasteiger partial charge on any atom is -0.372 e. The predicted molar refractivity (Wildman–Crippen MR) is 39.6 cm³/mol. The molecular weight excluding hydrogens is 154 g/mol. The Bertz CT molecular complexity index is 186. The molecule has 6 heteroatoms. The second-order valence-corrected chi connectivity index (χ2v) is 2.09. The molecule has 10 heavy (non-hydrogen) atoms. The number of nitrogens with two attached hydrogens (primary N) is 1. The zero-order valence-electron chi connectivity index (χ0n) is 5.43. The number of nitrogens with one attached hydrogen (secondary N) is 2. The van der Waals surface area contributed by atoms with Gasteiger partial charge in [-0.3, -0.25) is 5.43 Å². The minimum atomic E-state index is 0.432. The van der Waals surface area contributed by atoms with Crippen molar-refractivity contribution in [2.75, 3.05) is 7.05 Å². The molecular formula is C4H8ClN5. The number of amidine groups is 1. The number of rotatable bonds is 0. The number of likely N-dealkylation sites (N-methyl/N-ethyl adjacent to an activating group) is 1. The van der Waals surface area contributed by atoms with Crippen LogP contribution < -0.4 is 16.6 Å². The predicted octanol–water partition coefficient (Wildman–Crippen LogP) is -0.707. The fraction of sp³-hybridized carbons (Fsp3) is 0.250. The van der Waals surface area contributed by atoms with Crippen LogP contribution in [0.3, 0.4) is 0 Å². The number of hydrogen-bond acceptors (Lipinski definition) is 5. The Labute approximate surface area is 63.4 Å². The second-order valence-electron chi connectivity index (χ2n) is 1.68. The zero-order chi connectivity index (χ0) is 7.56. The van der Waals surface area contributed by atoms with Crippen LogP contribution in [-0.4, -0.2) is 18.1 Å². The standard InChI is InChI=1S/C4H8ClN5/c1-7-4-2-3(5)8-10(6)9-4/h2,8H,6H2,1H3,(H,7,9). The first-order chi connectivity index (χ1) is 4.72. The molecule has 5 nitrogen and oxygen atoms in total. The maximum absolute atomic E-state index is 5.59. The number of halogens is 1. The Morgan fingerprint density at radius 1 is 1.90 bits per heavy atom. The molecule has 0 amide bonds. The van der Waals surface area contributed by atoms with Crippen molar-refractivity contribution in [3.63, 3.8) is 0 Å². The Morgan fingerprint density at radius 2 is 2.60 bits per heavy atom. The molecule has 0 saturated heterocycles. The van der Waals surface area contributed by atoms with Gasteiger partial charge in [0.25, 0.3) is 0 Å². The first-order valence-electron chi connectivity index (χ1n) is 2.67. The summed E-state index contributed by atoms with van der Waals surface area (Å²) in [6.45, 7) is 0. The van der Waals surface area contributed by atoms with Gasteiger partial charge < -0.3 is 5.32 Å². The highest BCUT2D eigenvalue weighted by atomic mass is 35.5. The summed E-state index contributed by atoms with van der Waals surface area (Å²) in [7, 11) is 1.73. The van der Waals surface area contributed by atoms with E-state index in [9.17, 15) is 0 Å². The number of nitrogens with zero attached hydrogens (tertiary/aromatic N) is 2. The van der Waals surface area contributed by atoms with Crippen LogP contribution in [0.25, 0.3) is 0 Å². The first-order valence-corrected chi connectivity index (χ1v) is 3.05. The van der Waals surface area contributed by atoms with E-state index in [4.69, 9.17) is 17.4 Å². The molecule has 0 fully saturated rings. The molecule has 0 aromatic carbocycles. The smallest absolute Gasteiger partial charge is 0.152 e. The molecule has 4 N–H and O–H groups in total. The molecule has 1 aliphatic rings. The lowest BCUT2D eigenvalue weighted by molar-refractivity contribution is 0.231. The molecule has 0 atom stereocenters. The highest BCUT2D eigenvalue weighted by molar-refractivity contribution is 6.30. The van der Waals surface area contributed by atoms with Gasteiger partial charge >= 0.3 is 0 Å². The number of hydrazine groups is 2. The molecule has 56 valence electrons. The summed E-state index contributed by atoms with van der Waals surface area (Å²) in [5, 5.41) is 8.06. The van der Waals surface area contributed by atoms with Crippen LogP contribution >= 0.6 is 11.6 Å². The van der Waals surface area contributed by atoms with Crippen molar-refractivity contribution in [2.24, 2.45) is 10.9 Å². The Kier molecular flexibility index (Phi) is 1.98. The van der Waals surface area contributed by atoms with Crippen LogP contribution in [0.1, 0.15) is 0 Å². The summed E-state index contributed by atoms with van der Waals surface area (Å²) in [6, 6.07) is 0. The number of hydrazone groups is 1. The largest absolute Gasteiger partial charge is 0.372 e. The number of hydrogen-bond donors (Lipinski definition) is 3. The fourth-order valence-electron chi connectivity index (χ4n) is 0.554.